The molecule has 1 aliphatic rings. The Bertz CT molecular complexity index is 316. The number of ether oxygens (including phenoxy) is 1. The van der Waals surface area contributed by atoms with Gasteiger partial charge in [-0.1, -0.05) is 12.2 Å². The molecule has 2 atom stereocenters. The molecule has 1 amide bonds. The van der Waals surface area contributed by atoms with E-state index in [-0.39, 0.29) is 6.04 Å². The van der Waals surface area contributed by atoms with Gasteiger partial charge in [0.1, 0.15) is 5.60 Å². The highest BCUT2D eigenvalue weighted by molar-refractivity contribution is 5.72. The number of nitrogens with one attached hydrogen (secondary N) is 1. The van der Waals surface area contributed by atoms with E-state index in [2.05, 4.69) is 5.32 Å². The number of carbonyl (C=O) groups is 2. The molecule has 5 heteroatoms. The Morgan fingerprint density at radius 2 is 2.00 bits per heavy atom. The number of carbonyl (C=O) groups excluding carboxylic acids is 2. The summed E-state index contributed by atoms with van der Waals surface area (Å²) in [4.78, 5) is 21.9. The Morgan fingerprint density at radius 1 is 1.38 bits per heavy atom. The third-order valence-corrected chi connectivity index (χ3v) is 2.09. The summed E-state index contributed by atoms with van der Waals surface area (Å²) < 4.78 is 5.05. The van der Waals surface area contributed by atoms with Crippen LogP contribution in [-0.2, 0) is 9.53 Å². The van der Waals surface area contributed by atoms with Gasteiger partial charge in [-0.2, -0.15) is 0 Å². The first-order valence-electron chi connectivity index (χ1n) is 5.16. The van der Waals surface area contributed by atoms with Gasteiger partial charge in [-0.25, -0.2) is 4.79 Å². The maximum absolute atomic E-state index is 11.4. The fourth-order valence-corrected chi connectivity index (χ4v) is 1.44. The van der Waals surface area contributed by atoms with Gasteiger partial charge in [-0.15, -0.1) is 0 Å². The van der Waals surface area contributed by atoms with Crippen LogP contribution in [0.3, 0.4) is 0 Å². The van der Waals surface area contributed by atoms with Crippen molar-refractivity contribution in [2.45, 2.75) is 38.8 Å². The zero-order valence-corrected chi connectivity index (χ0v) is 9.65. The van der Waals surface area contributed by atoms with Crippen LogP contribution in [0.25, 0.3) is 0 Å². The average Bonchev–Trinajstić information content (AvgIpc) is 2.48. The molecule has 1 N–H and O–H groups in total. The lowest BCUT2D eigenvalue weighted by Gasteiger charge is -2.21. The van der Waals surface area contributed by atoms with E-state index < -0.39 is 23.6 Å². The van der Waals surface area contributed by atoms with Crippen molar-refractivity contribution in [3.05, 3.63) is 12.2 Å². The fraction of sp³-hybridized carbons (Fsp3) is 0.636. The predicted molar refractivity (Wildman–Crippen MR) is 55.4 cm³/mol. The number of aliphatic carboxylic acids is 1. The lowest BCUT2D eigenvalue weighted by Crippen LogP contribution is -2.39. The van der Waals surface area contributed by atoms with Gasteiger partial charge in [0.25, 0.3) is 0 Å². The minimum absolute atomic E-state index is 0.294. The first kappa shape index (κ1) is 12.5. The maximum atomic E-state index is 11.4. The van der Waals surface area contributed by atoms with Gasteiger partial charge < -0.3 is 20.0 Å². The molecule has 0 saturated carbocycles. The second kappa shape index (κ2) is 4.55. The second-order valence-electron chi connectivity index (χ2n) is 4.80. The summed E-state index contributed by atoms with van der Waals surface area (Å²) in [6.07, 6.45) is 2.95. The Balaban J connectivity index is 2.38. The van der Waals surface area contributed by atoms with Crippen LogP contribution in [0.2, 0.25) is 0 Å². The SMILES string of the molecule is CC(C)(C)OC(=O)N[C@H]1C=C[C@@H](C(=O)[O-])C1. The number of alkyl carbamates (subject to hydrolysis) is 1. The van der Waals surface area contributed by atoms with Gasteiger partial charge in [-0.3, -0.25) is 0 Å². The van der Waals surface area contributed by atoms with Crippen molar-refractivity contribution in [2.24, 2.45) is 5.92 Å². The van der Waals surface area contributed by atoms with Crippen molar-refractivity contribution in [3.8, 4) is 0 Å². The molecule has 16 heavy (non-hydrogen) atoms. The standard InChI is InChI=1S/C11H17NO4/c1-11(2,3)16-10(15)12-8-5-4-7(6-8)9(13)14/h4-5,7-8H,6H2,1-3H3,(H,12,15)(H,13,14)/p-1/t7-,8+/m1/s1. The molecule has 0 unspecified atom stereocenters. The van der Waals surface area contributed by atoms with Crippen molar-refractivity contribution in [2.75, 3.05) is 0 Å². The molecule has 1 aliphatic carbocycles. The number of amides is 1. The minimum atomic E-state index is -1.12. The summed E-state index contributed by atoms with van der Waals surface area (Å²) in [6.45, 7) is 5.29. The number of rotatable bonds is 2. The predicted octanol–water partition coefficient (Wildman–Crippen LogP) is 0.206. The quantitative estimate of drug-likeness (QED) is 0.682. The van der Waals surface area contributed by atoms with E-state index in [1.165, 1.54) is 6.08 Å². The number of carboxylic acids is 1. The van der Waals surface area contributed by atoms with E-state index in [9.17, 15) is 14.7 Å². The molecule has 0 spiro atoms. The average molecular weight is 226 g/mol. The summed E-state index contributed by atoms with van der Waals surface area (Å²) in [5.74, 6) is -1.75. The van der Waals surface area contributed by atoms with Crippen molar-refractivity contribution in [1.82, 2.24) is 5.32 Å². The van der Waals surface area contributed by atoms with E-state index in [0.717, 1.165) is 0 Å². The molecule has 0 saturated heterocycles. The summed E-state index contributed by atoms with van der Waals surface area (Å²) in [6, 6.07) is -0.294. The minimum Gasteiger partial charge on any atom is -0.550 e. The fourth-order valence-electron chi connectivity index (χ4n) is 1.44. The molecular formula is C11H16NO4-. The van der Waals surface area contributed by atoms with Gasteiger partial charge in [-0.05, 0) is 27.2 Å². The van der Waals surface area contributed by atoms with Crippen LogP contribution >= 0.6 is 0 Å². The van der Waals surface area contributed by atoms with Crippen LogP contribution in [-0.4, -0.2) is 23.7 Å². The molecular weight excluding hydrogens is 210 g/mol. The van der Waals surface area contributed by atoms with E-state index in [4.69, 9.17) is 4.74 Å². The Kier molecular flexibility index (Phi) is 3.57. The molecule has 0 aromatic heterocycles. The normalized spacial score (nSPS) is 24.2. The Morgan fingerprint density at radius 3 is 2.44 bits per heavy atom. The molecule has 1 rings (SSSR count). The van der Waals surface area contributed by atoms with Gasteiger partial charge >= 0.3 is 6.09 Å². The largest absolute Gasteiger partial charge is 0.550 e. The summed E-state index contributed by atoms with van der Waals surface area (Å²) in [5, 5.41) is 13.1. The lowest BCUT2D eigenvalue weighted by atomic mass is 10.1. The summed E-state index contributed by atoms with van der Waals surface area (Å²) >= 11 is 0. The van der Waals surface area contributed by atoms with Crippen molar-refractivity contribution < 1.29 is 19.4 Å². The topological polar surface area (TPSA) is 78.5 Å². The van der Waals surface area contributed by atoms with E-state index in [1.54, 1.807) is 26.8 Å². The first-order valence-corrected chi connectivity index (χ1v) is 5.16. The lowest BCUT2D eigenvalue weighted by molar-refractivity contribution is -0.309. The number of carboxylic acid groups (broad SMARTS) is 1. The Hall–Kier alpha value is -1.52. The molecule has 0 fully saturated rings. The zero-order chi connectivity index (χ0) is 12.3. The Labute approximate surface area is 94.5 Å². The van der Waals surface area contributed by atoms with Gasteiger partial charge in [0.05, 0.1) is 6.04 Å². The van der Waals surface area contributed by atoms with Crippen molar-refractivity contribution in [1.29, 1.82) is 0 Å². The smallest absolute Gasteiger partial charge is 0.408 e. The number of hydrogen-bond acceptors (Lipinski definition) is 4. The zero-order valence-electron chi connectivity index (χ0n) is 9.65. The first-order chi connectivity index (χ1) is 7.28. The highest BCUT2D eigenvalue weighted by Gasteiger charge is 2.23. The summed E-state index contributed by atoms with van der Waals surface area (Å²) in [7, 11) is 0. The highest BCUT2D eigenvalue weighted by atomic mass is 16.6. The monoisotopic (exact) mass is 226 g/mol. The van der Waals surface area contributed by atoms with Crippen LogP contribution in [0, 0.1) is 5.92 Å². The van der Waals surface area contributed by atoms with Crippen LogP contribution in [0.1, 0.15) is 27.2 Å². The molecule has 0 aromatic carbocycles. The molecule has 0 radical (unpaired) electrons. The van der Waals surface area contributed by atoms with Crippen LogP contribution < -0.4 is 10.4 Å². The van der Waals surface area contributed by atoms with E-state index >= 15 is 0 Å². The van der Waals surface area contributed by atoms with Crippen LogP contribution in [0.4, 0.5) is 4.79 Å². The third kappa shape index (κ3) is 3.92. The molecule has 0 aromatic rings. The van der Waals surface area contributed by atoms with Crippen molar-refractivity contribution >= 4 is 12.1 Å². The van der Waals surface area contributed by atoms with Crippen molar-refractivity contribution in [3.63, 3.8) is 0 Å². The molecule has 0 heterocycles. The molecule has 90 valence electrons. The molecule has 5 nitrogen and oxygen atoms in total. The van der Waals surface area contributed by atoms with E-state index in [0.29, 0.717) is 6.42 Å². The van der Waals surface area contributed by atoms with Crippen LogP contribution in [0.5, 0.6) is 0 Å². The van der Waals surface area contributed by atoms with Gasteiger partial charge in [0.15, 0.2) is 0 Å². The maximum Gasteiger partial charge on any atom is 0.408 e. The molecule has 0 aliphatic heterocycles. The molecule has 0 bridgehead atoms. The summed E-state index contributed by atoms with van der Waals surface area (Å²) in [5.41, 5.74) is -0.555. The van der Waals surface area contributed by atoms with E-state index in [1.807, 2.05) is 0 Å². The second-order valence-corrected chi connectivity index (χ2v) is 4.80. The third-order valence-electron chi connectivity index (χ3n) is 2.09. The number of hydrogen-bond donors (Lipinski definition) is 1. The van der Waals surface area contributed by atoms with Crippen LogP contribution in [0.15, 0.2) is 12.2 Å². The highest BCUT2D eigenvalue weighted by Crippen LogP contribution is 2.17. The van der Waals surface area contributed by atoms with Gasteiger partial charge in [0, 0.05) is 11.9 Å². The van der Waals surface area contributed by atoms with Gasteiger partial charge in [0.2, 0.25) is 0 Å².